The van der Waals surface area contributed by atoms with Gasteiger partial charge in [0.15, 0.2) is 0 Å². The predicted octanol–water partition coefficient (Wildman–Crippen LogP) is 3.42. The highest BCUT2D eigenvalue weighted by Gasteiger charge is 2.08. The molecule has 2 nitrogen and oxygen atoms in total. The quantitative estimate of drug-likeness (QED) is 0.820. The fraction of sp³-hybridized carbons (Fsp3) is 0.600. The first kappa shape index (κ1) is 14.0. The molecule has 96 valence electrons. The van der Waals surface area contributed by atoms with Crippen LogP contribution in [-0.2, 0) is 6.42 Å². The molecule has 17 heavy (non-hydrogen) atoms. The van der Waals surface area contributed by atoms with Crippen molar-refractivity contribution >= 4 is 0 Å². The fourth-order valence-corrected chi connectivity index (χ4v) is 1.65. The van der Waals surface area contributed by atoms with Crippen molar-refractivity contribution in [1.82, 2.24) is 0 Å². The number of aryl methyl sites for hydroxylation is 1. The lowest BCUT2D eigenvalue weighted by atomic mass is 9.99. The normalized spacial score (nSPS) is 13.1. The molecule has 0 spiro atoms. The van der Waals surface area contributed by atoms with E-state index >= 15 is 0 Å². The molecule has 0 aromatic heterocycles. The molecule has 0 radical (unpaired) electrons. The van der Waals surface area contributed by atoms with E-state index < -0.39 is 0 Å². The predicted molar refractivity (Wildman–Crippen MR) is 71.4 cm³/mol. The van der Waals surface area contributed by atoms with Crippen molar-refractivity contribution in [2.75, 3.05) is 0 Å². The van der Waals surface area contributed by atoms with Gasteiger partial charge >= 0.3 is 0 Å². The van der Waals surface area contributed by atoms with Crippen molar-refractivity contribution in [3.8, 4) is 5.75 Å². The molecule has 1 unspecified atom stereocenters. The molecule has 0 fully saturated rings. The number of rotatable bonds is 6. The van der Waals surface area contributed by atoms with Crippen LogP contribution in [0, 0.1) is 5.92 Å². The molecular formula is C15H24O2. The van der Waals surface area contributed by atoms with Crippen molar-refractivity contribution < 1.29 is 9.84 Å². The van der Waals surface area contributed by atoms with Crippen LogP contribution in [-0.4, -0.2) is 17.3 Å². The highest BCUT2D eigenvalue weighted by atomic mass is 16.5. The van der Waals surface area contributed by atoms with Crippen LogP contribution in [0.5, 0.6) is 5.75 Å². The Bertz CT molecular complexity index is 314. The maximum absolute atomic E-state index is 9.74. The lowest BCUT2D eigenvalue weighted by molar-refractivity contribution is 0.116. The molecule has 0 saturated heterocycles. The lowest BCUT2D eigenvalue weighted by Gasteiger charge is -2.14. The summed E-state index contributed by atoms with van der Waals surface area (Å²) < 4.78 is 5.58. The van der Waals surface area contributed by atoms with Gasteiger partial charge in [-0.15, -0.1) is 0 Å². The molecule has 1 N–H and O–H groups in total. The summed E-state index contributed by atoms with van der Waals surface area (Å²) in [5.41, 5.74) is 1.25. The van der Waals surface area contributed by atoms with Gasteiger partial charge in [0.25, 0.3) is 0 Å². The Labute approximate surface area is 105 Å². The number of hydrogen-bond donors (Lipinski definition) is 1. The summed E-state index contributed by atoms with van der Waals surface area (Å²) in [4.78, 5) is 0. The van der Waals surface area contributed by atoms with Crippen molar-refractivity contribution in [3.63, 3.8) is 0 Å². The average molecular weight is 236 g/mol. The summed E-state index contributed by atoms with van der Waals surface area (Å²) in [5.74, 6) is 1.24. The zero-order valence-electron chi connectivity index (χ0n) is 11.3. The van der Waals surface area contributed by atoms with Crippen LogP contribution in [0.15, 0.2) is 24.3 Å². The van der Waals surface area contributed by atoms with E-state index in [9.17, 15) is 5.11 Å². The topological polar surface area (TPSA) is 29.5 Å². The van der Waals surface area contributed by atoms with Crippen molar-refractivity contribution in [2.24, 2.45) is 5.92 Å². The van der Waals surface area contributed by atoms with Gasteiger partial charge in [0, 0.05) is 0 Å². The highest BCUT2D eigenvalue weighted by molar-refractivity contribution is 5.27. The van der Waals surface area contributed by atoms with E-state index in [-0.39, 0.29) is 12.2 Å². The summed E-state index contributed by atoms with van der Waals surface area (Å²) in [6, 6.07) is 8.14. The zero-order chi connectivity index (χ0) is 12.8. The summed E-state index contributed by atoms with van der Waals surface area (Å²) in [6.45, 7) is 8.13. The largest absolute Gasteiger partial charge is 0.491 e. The molecule has 0 aliphatic carbocycles. The molecule has 2 heteroatoms. The summed E-state index contributed by atoms with van der Waals surface area (Å²) >= 11 is 0. The van der Waals surface area contributed by atoms with Gasteiger partial charge in [-0.1, -0.05) is 26.0 Å². The third-order valence-electron chi connectivity index (χ3n) is 2.79. The molecule has 1 aromatic carbocycles. The molecule has 1 rings (SSSR count). The average Bonchev–Trinajstić information content (AvgIpc) is 2.26. The fourth-order valence-electron chi connectivity index (χ4n) is 1.65. The standard InChI is InChI=1S/C15H24O2/c1-11(2)15(16)10-7-13-5-8-14(9-6-13)17-12(3)4/h5-6,8-9,11-12,15-16H,7,10H2,1-4H3. The molecular weight excluding hydrogens is 212 g/mol. The Kier molecular flexibility index (Phi) is 5.49. The number of aliphatic hydroxyl groups excluding tert-OH is 1. The second-order valence-electron chi connectivity index (χ2n) is 5.16. The first-order valence-electron chi connectivity index (χ1n) is 6.42. The van der Waals surface area contributed by atoms with Crippen molar-refractivity contribution in [3.05, 3.63) is 29.8 Å². The number of ether oxygens (including phenoxy) is 1. The van der Waals surface area contributed by atoms with E-state index in [0.29, 0.717) is 5.92 Å². The molecule has 0 bridgehead atoms. The highest BCUT2D eigenvalue weighted by Crippen LogP contribution is 2.16. The number of aliphatic hydroxyl groups is 1. The van der Waals surface area contributed by atoms with E-state index in [1.165, 1.54) is 5.56 Å². The van der Waals surface area contributed by atoms with Crippen LogP contribution in [0.3, 0.4) is 0 Å². The van der Waals surface area contributed by atoms with Crippen LogP contribution in [0.1, 0.15) is 39.7 Å². The summed E-state index contributed by atoms with van der Waals surface area (Å²) in [6.07, 6.45) is 1.74. The number of benzene rings is 1. The van der Waals surface area contributed by atoms with Crippen LogP contribution in [0.2, 0.25) is 0 Å². The lowest BCUT2D eigenvalue weighted by Crippen LogP contribution is -2.15. The first-order chi connectivity index (χ1) is 7.99. The Hall–Kier alpha value is -1.02. The van der Waals surface area contributed by atoms with Gasteiger partial charge < -0.3 is 9.84 Å². The van der Waals surface area contributed by atoms with Crippen molar-refractivity contribution in [2.45, 2.75) is 52.7 Å². The van der Waals surface area contributed by atoms with Gasteiger partial charge in [-0.3, -0.25) is 0 Å². The molecule has 0 aliphatic heterocycles. The van der Waals surface area contributed by atoms with E-state index in [0.717, 1.165) is 18.6 Å². The molecule has 0 aliphatic rings. The van der Waals surface area contributed by atoms with Gasteiger partial charge in [-0.25, -0.2) is 0 Å². The second kappa shape index (κ2) is 6.65. The van der Waals surface area contributed by atoms with Gasteiger partial charge in [0.1, 0.15) is 5.75 Å². The van der Waals surface area contributed by atoms with Crippen LogP contribution >= 0.6 is 0 Å². The van der Waals surface area contributed by atoms with Crippen LogP contribution < -0.4 is 4.74 Å². The Balaban J connectivity index is 2.45. The third-order valence-corrected chi connectivity index (χ3v) is 2.79. The molecule has 1 aromatic rings. The minimum absolute atomic E-state index is 0.207. The Morgan fingerprint density at radius 2 is 1.65 bits per heavy atom. The maximum Gasteiger partial charge on any atom is 0.119 e. The maximum atomic E-state index is 9.74. The SMILES string of the molecule is CC(C)Oc1ccc(CCC(O)C(C)C)cc1. The molecule has 0 saturated carbocycles. The third kappa shape index (κ3) is 5.22. The number of hydrogen-bond acceptors (Lipinski definition) is 2. The minimum atomic E-state index is -0.207. The van der Waals surface area contributed by atoms with Crippen LogP contribution in [0.4, 0.5) is 0 Å². The van der Waals surface area contributed by atoms with E-state index in [1.807, 2.05) is 39.8 Å². The first-order valence-corrected chi connectivity index (χ1v) is 6.42. The molecule has 0 heterocycles. The van der Waals surface area contributed by atoms with Crippen LogP contribution in [0.25, 0.3) is 0 Å². The van der Waals surface area contributed by atoms with Gasteiger partial charge in [0.2, 0.25) is 0 Å². The minimum Gasteiger partial charge on any atom is -0.491 e. The zero-order valence-corrected chi connectivity index (χ0v) is 11.3. The Morgan fingerprint density at radius 3 is 2.12 bits per heavy atom. The molecule has 0 amide bonds. The summed E-state index contributed by atoms with van der Waals surface area (Å²) in [5, 5.41) is 9.74. The monoisotopic (exact) mass is 236 g/mol. The summed E-state index contributed by atoms with van der Waals surface area (Å²) in [7, 11) is 0. The van der Waals surface area contributed by atoms with E-state index in [1.54, 1.807) is 0 Å². The van der Waals surface area contributed by atoms with E-state index in [4.69, 9.17) is 4.74 Å². The van der Waals surface area contributed by atoms with Crippen molar-refractivity contribution in [1.29, 1.82) is 0 Å². The second-order valence-corrected chi connectivity index (χ2v) is 5.16. The molecule has 1 atom stereocenters. The van der Waals surface area contributed by atoms with E-state index in [2.05, 4.69) is 12.1 Å². The van der Waals surface area contributed by atoms with Gasteiger partial charge in [-0.05, 0) is 50.3 Å². The van der Waals surface area contributed by atoms with Gasteiger partial charge in [0.05, 0.1) is 12.2 Å². The smallest absolute Gasteiger partial charge is 0.119 e. The Morgan fingerprint density at radius 1 is 1.06 bits per heavy atom. The van der Waals surface area contributed by atoms with Gasteiger partial charge in [-0.2, -0.15) is 0 Å².